The summed E-state index contributed by atoms with van der Waals surface area (Å²) in [5.74, 6) is 0.300. The number of hydrogen-bond donors (Lipinski definition) is 1. The molecular formula is C31H33FN2O3. The Morgan fingerprint density at radius 2 is 1.86 bits per heavy atom. The molecule has 2 aromatic carbocycles. The molecule has 5 nitrogen and oxygen atoms in total. The maximum Gasteiger partial charge on any atom is 0.335 e. The van der Waals surface area contributed by atoms with Gasteiger partial charge in [-0.05, 0) is 95.2 Å². The van der Waals surface area contributed by atoms with Crippen molar-refractivity contribution in [2.45, 2.75) is 32.1 Å². The molecule has 0 radical (unpaired) electrons. The second-order valence-corrected chi connectivity index (χ2v) is 10.0. The summed E-state index contributed by atoms with van der Waals surface area (Å²) in [6.45, 7) is 2.70. The van der Waals surface area contributed by atoms with E-state index in [1.807, 2.05) is 24.4 Å². The topological polar surface area (TPSA) is 62.7 Å². The van der Waals surface area contributed by atoms with E-state index >= 15 is 0 Å². The molecule has 0 atom stereocenters. The predicted octanol–water partition coefficient (Wildman–Crippen LogP) is 5.92. The van der Waals surface area contributed by atoms with Gasteiger partial charge in [-0.25, -0.2) is 9.78 Å². The van der Waals surface area contributed by atoms with Crippen LogP contribution < -0.4 is 4.74 Å². The summed E-state index contributed by atoms with van der Waals surface area (Å²) < 4.78 is 17.7. The van der Waals surface area contributed by atoms with Gasteiger partial charge in [0.1, 0.15) is 0 Å². The molecular weight excluding hydrogens is 467 g/mol. The highest BCUT2D eigenvalue weighted by atomic mass is 19.1. The molecule has 192 valence electrons. The molecule has 1 aliphatic carbocycles. The first-order valence-corrected chi connectivity index (χ1v) is 13.0. The van der Waals surface area contributed by atoms with Crippen LogP contribution in [0.2, 0.25) is 0 Å². The van der Waals surface area contributed by atoms with Gasteiger partial charge in [-0.1, -0.05) is 30.3 Å². The summed E-state index contributed by atoms with van der Waals surface area (Å²) in [7, 11) is 1.61. The standard InChI is InChI=1S/C31H33FN2O3/c1-37-29-13-11-26(18-33-29)27-5-2-4-24-17-25(31(35)36)10-12-28(24)30(27)23-8-6-21(7-9-23)16-22-19-34(20-22)15-3-14-32/h6-13,17-18,22H,2-5,14-16,19-20H2,1H3,(H,35,36). The number of nitrogens with zero attached hydrogens (tertiary/aromatic N) is 2. The largest absolute Gasteiger partial charge is 0.481 e. The highest BCUT2D eigenvalue weighted by Gasteiger charge is 2.26. The predicted molar refractivity (Wildman–Crippen MR) is 144 cm³/mol. The zero-order chi connectivity index (χ0) is 25.8. The zero-order valence-corrected chi connectivity index (χ0v) is 21.3. The molecule has 1 saturated heterocycles. The molecule has 2 aliphatic rings. The number of aryl methyl sites for hydroxylation is 1. The number of rotatable bonds is 9. The number of aromatic nitrogens is 1. The summed E-state index contributed by atoms with van der Waals surface area (Å²) in [5, 5.41) is 9.55. The zero-order valence-electron chi connectivity index (χ0n) is 21.3. The summed E-state index contributed by atoms with van der Waals surface area (Å²) in [5.41, 5.74) is 8.32. The number of methoxy groups -OCH3 is 1. The normalized spacial score (nSPS) is 16.2. The van der Waals surface area contributed by atoms with Crippen molar-refractivity contribution in [3.8, 4) is 5.88 Å². The van der Waals surface area contributed by atoms with Crippen molar-refractivity contribution in [2.75, 3.05) is 33.4 Å². The van der Waals surface area contributed by atoms with Gasteiger partial charge in [0.15, 0.2) is 0 Å². The third-order valence-corrected chi connectivity index (χ3v) is 7.50. The molecule has 1 aromatic heterocycles. The van der Waals surface area contributed by atoms with E-state index in [9.17, 15) is 14.3 Å². The molecule has 0 spiro atoms. The maximum absolute atomic E-state index is 12.4. The average Bonchev–Trinajstić information content (AvgIpc) is 3.09. The number of carbonyl (C=O) groups is 1. The van der Waals surface area contributed by atoms with Crippen LogP contribution >= 0.6 is 0 Å². The fraction of sp³-hybridized carbons (Fsp3) is 0.355. The molecule has 1 aliphatic heterocycles. The number of fused-ring (bicyclic) bond motifs is 1. The van der Waals surface area contributed by atoms with Crippen molar-refractivity contribution < 1.29 is 19.0 Å². The van der Waals surface area contributed by atoms with Crippen LogP contribution in [0.5, 0.6) is 5.88 Å². The molecule has 6 heteroatoms. The molecule has 0 amide bonds. The monoisotopic (exact) mass is 500 g/mol. The van der Waals surface area contributed by atoms with Gasteiger partial charge in [0, 0.05) is 31.9 Å². The Morgan fingerprint density at radius 3 is 2.54 bits per heavy atom. The Hall–Kier alpha value is -3.51. The molecule has 5 rings (SSSR count). The quantitative estimate of drug-likeness (QED) is 0.395. The minimum absolute atomic E-state index is 0.242. The van der Waals surface area contributed by atoms with E-state index in [1.165, 1.54) is 11.1 Å². The lowest BCUT2D eigenvalue weighted by Gasteiger charge is -2.39. The van der Waals surface area contributed by atoms with Crippen LogP contribution in [0.4, 0.5) is 4.39 Å². The number of halogens is 1. The lowest BCUT2D eigenvalue weighted by atomic mass is 9.86. The molecule has 0 bridgehead atoms. The average molecular weight is 501 g/mol. The van der Waals surface area contributed by atoms with E-state index in [0.29, 0.717) is 23.8 Å². The third kappa shape index (κ3) is 5.59. The van der Waals surface area contributed by atoms with Crippen LogP contribution in [-0.4, -0.2) is 54.4 Å². The number of likely N-dealkylation sites (tertiary alicyclic amines) is 1. The van der Waals surface area contributed by atoms with E-state index in [1.54, 1.807) is 13.2 Å². The van der Waals surface area contributed by atoms with Crippen LogP contribution in [-0.2, 0) is 12.8 Å². The fourth-order valence-electron chi connectivity index (χ4n) is 5.63. The number of hydrogen-bond acceptors (Lipinski definition) is 4. The number of carboxylic acid groups (broad SMARTS) is 1. The first kappa shape index (κ1) is 25.2. The van der Waals surface area contributed by atoms with Gasteiger partial charge in [0.05, 0.1) is 19.3 Å². The maximum atomic E-state index is 12.4. The van der Waals surface area contributed by atoms with Crippen molar-refractivity contribution in [3.63, 3.8) is 0 Å². The van der Waals surface area contributed by atoms with Gasteiger partial charge >= 0.3 is 5.97 Å². The number of alkyl halides is 1. The Morgan fingerprint density at radius 1 is 1.08 bits per heavy atom. The molecule has 1 N–H and O–H groups in total. The smallest absolute Gasteiger partial charge is 0.335 e. The molecule has 37 heavy (non-hydrogen) atoms. The van der Waals surface area contributed by atoms with E-state index in [-0.39, 0.29) is 6.67 Å². The molecule has 0 saturated carbocycles. The number of carboxylic acids is 1. The minimum atomic E-state index is -0.902. The van der Waals surface area contributed by atoms with Crippen molar-refractivity contribution >= 4 is 17.1 Å². The van der Waals surface area contributed by atoms with E-state index in [2.05, 4.69) is 40.2 Å². The number of benzene rings is 2. The summed E-state index contributed by atoms with van der Waals surface area (Å²) in [6, 6.07) is 18.3. The van der Waals surface area contributed by atoms with Crippen LogP contribution in [0.1, 0.15) is 57.4 Å². The molecule has 1 fully saturated rings. The first-order chi connectivity index (χ1) is 18.1. The third-order valence-electron chi connectivity index (χ3n) is 7.50. The number of ether oxygens (including phenoxy) is 1. The van der Waals surface area contributed by atoms with Gasteiger partial charge in [-0.3, -0.25) is 4.39 Å². The SMILES string of the molecule is COc1ccc(C2=C(c3ccc(CC4CN(CCCF)C4)cc3)c3ccc(C(=O)O)cc3CCC2)cn1. The molecule has 3 aromatic rings. The van der Waals surface area contributed by atoms with Crippen molar-refractivity contribution in [3.05, 3.63) is 94.2 Å². The van der Waals surface area contributed by atoms with Gasteiger partial charge in [0.2, 0.25) is 5.88 Å². The molecule has 2 heterocycles. The van der Waals surface area contributed by atoms with Crippen LogP contribution in [0, 0.1) is 5.92 Å². The number of allylic oxidation sites excluding steroid dienone is 1. The summed E-state index contributed by atoms with van der Waals surface area (Å²) in [6.07, 6.45) is 6.14. The highest BCUT2D eigenvalue weighted by Crippen LogP contribution is 2.40. The van der Waals surface area contributed by atoms with Gasteiger partial charge in [-0.15, -0.1) is 0 Å². The van der Waals surface area contributed by atoms with Gasteiger partial charge in [-0.2, -0.15) is 0 Å². The van der Waals surface area contributed by atoms with Crippen molar-refractivity contribution in [1.82, 2.24) is 9.88 Å². The molecule has 0 unspecified atom stereocenters. The van der Waals surface area contributed by atoms with E-state index in [0.717, 1.165) is 73.1 Å². The lowest BCUT2D eigenvalue weighted by Crippen LogP contribution is -2.47. The summed E-state index contributed by atoms with van der Waals surface area (Å²) >= 11 is 0. The number of pyridine rings is 1. The lowest BCUT2D eigenvalue weighted by molar-refractivity contribution is 0.0696. The van der Waals surface area contributed by atoms with Crippen molar-refractivity contribution in [2.24, 2.45) is 5.92 Å². The van der Waals surface area contributed by atoms with Gasteiger partial charge in [0.25, 0.3) is 0 Å². The minimum Gasteiger partial charge on any atom is -0.481 e. The number of aromatic carboxylic acids is 1. The van der Waals surface area contributed by atoms with E-state index in [4.69, 9.17) is 4.74 Å². The Kier molecular flexibility index (Phi) is 7.65. The first-order valence-electron chi connectivity index (χ1n) is 13.0. The summed E-state index contributed by atoms with van der Waals surface area (Å²) in [4.78, 5) is 18.4. The second-order valence-electron chi connectivity index (χ2n) is 10.0. The van der Waals surface area contributed by atoms with Gasteiger partial charge < -0.3 is 14.7 Å². The second kappa shape index (κ2) is 11.3. The fourth-order valence-corrected chi connectivity index (χ4v) is 5.63. The van der Waals surface area contributed by atoms with Crippen LogP contribution in [0.25, 0.3) is 11.1 Å². The van der Waals surface area contributed by atoms with Crippen LogP contribution in [0.15, 0.2) is 60.8 Å². The highest BCUT2D eigenvalue weighted by molar-refractivity contribution is 6.00. The Balaban J connectivity index is 1.48. The van der Waals surface area contributed by atoms with Crippen LogP contribution in [0.3, 0.4) is 0 Å². The van der Waals surface area contributed by atoms with E-state index < -0.39 is 5.97 Å². The van der Waals surface area contributed by atoms with Crippen molar-refractivity contribution in [1.29, 1.82) is 0 Å². The Bertz CT molecular complexity index is 1280. The Labute approximate surface area is 217 Å².